The highest BCUT2D eigenvalue weighted by atomic mass is 16.5. The average Bonchev–Trinajstić information content (AvgIpc) is 2.81. The van der Waals surface area contributed by atoms with E-state index in [1.807, 2.05) is 0 Å². The molecule has 0 atom stereocenters. The lowest BCUT2D eigenvalue weighted by Gasteiger charge is -2.37. The predicted molar refractivity (Wildman–Crippen MR) is 121 cm³/mol. The predicted octanol–water partition coefficient (Wildman–Crippen LogP) is 3.46. The van der Waals surface area contributed by atoms with E-state index >= 15 is 0 Å². The Kier molecular flexibility index (Phi) is 8.82. The minimum atomic E-state index is 0.0206. The van der Waals surface area contributed by atoms with E-state index in [0.29, 0.717) is 0 Å². The number of nitrogens with one attached hydrogen (secondary N) is 1. The summed E-state index contributed by atoms with van der Waals surface area (Å²) in [7, 11) is 3.87. The molecule has 3 rings (SSSR count). The number of nitrogens with zero attached hydrogens (tertiary/aromatic N) is 2. The van der Waals surface area contributed by atoms with Gasteiger partial charge in [0.05, 0.1) is 13.7 Å². The van der Waals surface area contributed by atoms with Gasteiger partial charge in [-0.25, -0.2) is 0 Å². The van der Waals surface area contributed by atoms with Gasteiger partial charge < -0.3 is 24.4 Å². The molecule has 2 aliphatic heterocycles. The SMILES string of the molecule is CCNC(=NCC1(c2ccc(OC)cc2)CCOCC1)N(C)CCC1CCOCC1. The Morgan fingerprint density at radius 3 is 2.43 bits per heavy atom. The molecule has 1 aromatic carbocycles. The Bertz CT molecular complexity index is 650. The minimum Gasteiger partial charge on any atom is -0.497 e. The second kappa shape index (κ2) is 11.6. The van der Waals surface area contributed by atoms with Gasteiger partial charge in [0.15, 0.2) is 5.96 Å². The van der Waals surface area contributed by atoms with Crippen LogP contribution < -0.4 is 10.1 Å². The van der Waals surface area contributed by atoms with E-state index in [0.717, 1.165) is 76.5 Å². The number of guanidine groups is 1. The summed E-state index contributed by atoms with van der Waals surface area (Å²) in [5.74, 6) is 2.67. The van der Waals surface area contributed by atoms with E-state index in [1.54, 1.807) is 7.11 Å². The second-order valence-electron chi connectivity index (χ2n) is 8.56. The summed E-state index contributed by atoms with van der Waals surface area (Å²) in [6.45, 7) is 8.20. The topological polar surface area (TPSA) is 55.3 Å². The molecule has 6 nitrogen and oxygen atoms in total. The van der Waals surface area contributed by atoms with Gasteiger partial charge in [-0.2, -0.15) is 0 Å². The van der Waals surface area contributed by atoms with Crippen molar-refractivity contribution in [3.05, 3.63) is 29.8 Å². The van der Waals surface area contributed by atoms with E-state index in [9.17, 15) is 0 Å². The standard InChI is InChI=1S/C24H39N3O3/c1-4-25-23(27(2)14-9-20-10-15-29-16-11-20)26-19-24(12-17-30-18-13-24)21-5-7-22(28-3)8-6-21/h5-8,20H,4,9-19H2,1-3H3,(H,25,26). The molecule has 0 radical (unpaired) electrons. The van der Waals surface area contributed by atoms with Gasteiger partial charge in [0.25, 0.3) is 0 Å². The summed E-state index contributed by atoms with van der Waals surface area (Å²) < 4.78 is 16.5. The van der Waals surface area contributed by atoms with Gasteiger partial charge in [0.1, 0.15) is 5.75 Å². The minimum absolute atomic E-state index is 0.0206. The van der Waals surface area contributed by atoms with Crippen LogP contribution in [0, 0.1) is 5.92 Å². The molecule has 168 valence electrons. The van der Waals surface area contributed by atoms with Crippen LogP contribution in [0.2, 0.25) is 0 Å². The fraction of sp³-hybridized carbons (Fsp3) is 0.708. The quantitative estimate of drug-likeness (QED) is 0.519. The molecular formula is C24H39N3O3. The first-order valence-corrected chi connectivity index (χ1v) is 11.5. The molecule has 2 fully saturated rings. The van der Waals surface area contributed by atoms with Crippen LogP contribution in [0.4, 0.5) is 0 Å². The first-order chi connectivity index (χ1) is 14.7. The van der Waals surface area contributed by atoms with Crippen LogP contribution in [-0.2, 0) is 14.9 Å². The molecule has 2 aliphatic rings. The number of methoxy groups -OCH3 is 1. The highest BCUT2D eigenvalue weighted by Gasteiger charge is 2.34. The highest BCUT2D eigenvalue weighted by Crippen LogP contribution is 2.36. The molecule has 1 aromatic rings. The number of aliphatic imine (C=N–C) groups is 1. The van der Waals surface area contributed by atoms with Gasteiger partial charge >= 0.3 is 0 Å². The summed E-state index contributed by atoms with van der Waals surface area (Å²) in [4.78, 5) is 7.40. The molecule has 2 saturated heterocycles. The summed E-state index contributed by atoms with van der Waals surface area (Å²) in [5, 5.41) is 3.50. The maximum Gasteiger partial charge on any atom is 0.193 e. The molecule has 2 heterocycles. The zero-order valence-corrected chi connectivity index (χ0v) is 19.0. The maximum atomic E-state index is 5.69. The van der Waals surface area contributed by atoms with Gasteiger partial charge in [-0.3, -0.25) is 4.99 Å². The van der Waals surface area contributed by atoms with Gasteiger partial charge in [0, 0.05) is 52.0 Å². The summed E-state index contributed by atoms with van der Waals surface area (Å²) in [6, 6.07) is 8.51. The molecule has 1 N–H and O–H groups in total. The molecule has 30 heavy (non-hydrogen) atoms. The first kappa shape index (κ1) is 22.9. The van der Waals surface area contributed by atoms with Crippen molar-refractivity contribution in [3.63, 3.8) is 0 Å². The van der Waals surface area contributed by atoms with Gasteiger partial charge in [-0.05, 0) is 62.6 Å². The fourth-order valence-corrected chi connectivity index (χ4v) is 4.46. The lowest BCUT2D eigenvalue weighted by molar-refractivity contribution is 0.0529. The third kappa shape index (κ3) is 6.11. The Labute approximate surface area is 182 Å². The molecule has 6 heteroatoms. The van der Waals surface area contributed by atoms with Crippen molar-refractivity contribution in [1.29, 1.82) is 0 Å². The van der Waals surface area contributed by atoms with Crippen molar-refractivity contribution >= 4 is 5.96 Å². The van der Waals surface area contributed by atoms with Crippen molar-refractivity contribution in [1.82, 2.24) is 10.2 Å². The Hall–Kier alpha value is -1.79. The van der Waals surface area contributed by atoms with Crippen LogP contribution in [0.15, 0.2) is 29.3 Å². The van der Waals surface area contributed by atoms with Crippen molar-refractivity contribution in [2.24, 2.45) is 10.9 Å². The summed E-state index contributed by atoms with van der Waals surface area (Å²) >= 11 is 0. The van der Waals surface area contributed by atoms with Crippen molar-refractivity contribution in [3.8, 4) is 5.75 Å². The van der Waals surface area contributed by atoms with E-state index in [-0.39, 0.29) is 5.41 Å². The molecule has 0 saturated carbocycles. The lowest BCUT2D eigenvalue weighted by atomic mass is 9.74. The third-order valence-electron chi connectivity index (χ3n) is 6.59. The molecule has 0 unspecified atom stereocenters. The van der Waals surface area contributed by atoms with Gasteiger partial charge in [0.2, 0.25) is 0 Å². The fourth-order valence-electron chi connectivity index (χ4n) is 4.46. The monoisotopic (exact) mass is 417 g/mol. The van der Waals surface area contributed by atoms with Crippen molar-refractivity contribution in [2.75, 3.05) is 60.2 Å². The molecule has 0 aliphatic carbocycles. The maximum absolute atomic E-state index is 5.69. The number of hydrogen-bond donors (Lipinski definition) is 1. The van der Waals surface area contributed by atoms with E-state index in [2.05, 4.69) is 48.5 Å². The van der Waals surface area contributed by atoms with Crippen LogP contribution in [0.1, 0.15) is 44.6 Å². The molecule has 0 aromatic heterocycles. The lowest BCUT2D eigenvalue weighted by Crippen LogP contribution is -2.42. The van der Waals surface area contributed by atoms with Crippen LogP contribution in [-0.4, -0.2) is 71.1 Å². The van der Waals surface area contributed by atoms with Crippen LogP contribution in [0.3, 0.4) is 0 Å². The zero-order chi connectivity index (χ0) is 21.2. The van der Waals surface area contributed by atoms with Crippen LogP contribution >= 0.6 is 0 Å². The molecule has 0 bridgehead atoms. The van der Waals surface area contributed by atoms with Gasteiger partial charge in [-0.1, -0.05) is 12.1 Å². The molecular weight excluding hydrogens is 378 g/mol. The Morgan fingerprint density at radius 1 is 1.13 bits per heavy atom. The molecule has 0 amide bonds. The van der Waals surface area contributed by atoms with E-state index < -0.39 is 0 Å². The highest BCUT2D eigenvalue weighted by molar-refractivity contribution is 5.79. The van der Waals surface area contributed by atoms with Gasteiger partial charge in [-0.15, -0.1) is 0 Å². The van der Waals surface area contributed by atoms with Crippen LogP contribution in [0.25, 0.3) is 0 Å². The normalized spacial score (nSPS) is 20.0. The second-order valence-corrected chi connectivity index (χ2v) is 8.56. The zero-order valence-electron chi connectivity index (χ0n) is 19.0. The number of hydrogen-bond acceptors (Lipinski definition) is 4. The van der Waals surface area contributed by atoms with E-state index in [4.69, 9.17) is 19.2 Å². The first-order valence-electron chi connectivity index (χ1n) is 11.5. The molecule has 0 spiro atoms. The smallest absolute Gasteiger partial charge is 0.193 e. The Balaban J connectivity index is 1.69. The largest absolute Gasteiger partial charge is 0.497 e. The number of benzene rings is 1. The summed E-state index contributed by atoms with van der Waals surface area (Å²) in [5.41, 5.74) is 1.35. The summed E-state index contributed by atoms with van der Waals surface area (Å²) in [6.07, 6.45) is 5.55. The Morgan fingerprint density at radius 2 is 1.80 bits per heavy atom. The third-order valence-corrected chi connectivity index (χ3v) is 6.59. The van der Waals surface area contributed by atoms with Crippen molar-refractivity contribution < 1.29 is 14.2 Å². The average molecular weight is 418 g/mol. The number of ether oxygens (including phenoxy) is 3. The van der Waals surface area contributed by atoms with E-state index in [1.165, 1.54) is 24.8 Å². The van der Waals surface area contributed by atoms with Crippen molar-refractivity contribution in [2.45, 2.75) is 44.4 Å². The number of rotatable bonds is 8. The van der Waals surface area contributed by atoms with Crippen LogP contribution in [0.5, 0.6) is 5.75 Å².